The van der Waals surface area contributed by atoms with E-state index >= 15 is 0 Å². The number of aromatic nitrogens is 1. The van der Waals surface area contributed by atoms with Crippen LogP contribution in [0.25, 0.3) is 60.5 Å². The van der Waals surface area contributed by atoms with E-state index in [-0.39, 0.29) is 12.1 Å². The van der Waals surface area contributed by atoms with Gasteiger partial charge in [-0.25, -0.2) is 0 Å². The standard InChI is InChI=1S/C61H45BN2/c1-61(2)56-25-15-14-24-53(56)54-37-36-51(41-57(54)61)63(50-34-30-47(31-35-50)62(45-17-6-3-7-18-45)46-19-8-4-9-20-46)49-32-26-42(27-33-49)44-29-38-58-55(40-44)60-52-23-13-12-16-43(52)28-39-59(60)64(58)48-21-10-5-11-22-48/h3-41H,1-2H3. The molecular weight excluding hydrogens is 771 g/mol. The quantitative estimate of drug-likeness (QED) is 0.139. The summed E-state index contributed by atoms with van der Waals surface area (Å²) in [4.78, 5) is 2.43. The van der Waals surface area contributed by atoms with Crippen molar-refractivity contribution >= 4 is 72.7 Å². The maximum Gasteiger partial charge on any atom is 0.241 e. The molecule has 1 heterocycles. The van der Waals surface area contributed by atoms with Crippen molar-refractivity contribution in [3.63, 3.8) is 0 Å². The first-order valence-corrected chi connectivity index (χ1v) is 22.4. The third kappa shape index (κ3) is 6.19. The molecule has 0 spiro atoms. The molecule has 302 valence electrons. The Morgan fingerprint density at radius 1 is 0.391 bits per heavy atom. The smallest absolute Gasteiger partial charge is 0.241 e. The molecule has 1 aromatic heterocycles. The molecule has 0 unspecified atom stereocenters. The average Bonchev–Trinajstić information content (AvgIpc) is 3.81. The van der Waals surface area contributed by atoms with Gasteiger partial charge in [0.2, 0.25) is 6.71 Å². The molecule has 1 aliphatic rings. The molecule has 0 saturated heterocycles. The minimum absolute atomic E-state index is 0.118. The van der Waals surface area contributed by atoms with Crippen LogP contribution in [0.1, 0.15) is 25.0 Å². The van der Waals surface area contributed by atoms with Gasteiger partial charge in [0.05, 0.1) is 11.0 Å². The highest BCUT2D eigenvalue weighted by atomic mass is 15.1. The number of para-hydroxylation sites is 1. The Kier molecular flexibility index (Phi) is 8.98. The van der Waals surface area contributed by atoms with E-state index in [4.69, 9.17) is 0 Å². The van der Waals surface area contributed by atoms with E-state index in [0.29, 0.717) is 0 Å². The number of rotatable bonds is 8. The molecule has 0 amide bonds. The number of nitrogens with zero attached hydrogens (tertiary/aromatic N) is 2. The SMILES string of the molecule is CC1(C)c2ccccc2-c2ccc(N(c3ccc(B(c4ccccc4)c4ccccc4)cc3)c3ccc(-c4ccc5c(c4)c4c6ccccc6ccc4n5-c4ccccc4)cc3)cc21. The van der Waals surface area contributed by atoms with Crippen molar-refractivity contribution in [2.24, 2.45) is 0 Å². The van der Waals surface area contributed by atoms with Gasteiger partial charge in [0.15, 0.2) is 0 Å². The van der Waals surface area contributed by atoms with Crippen LogP contribution < -0.4 is 21.3 Å². The van der Waals surface area contributed by atoms with Gasteiger partial charge in [0, 0.05) is 38.9 Å². The lowest BCUT2D eigenvalue weighted by Gasteiger charge is -2.28. The van der Waals surface area contributed by atoms with Gasteiger partial charge < -0.3 is 9.47 Å². The van der Waals surface area contributed by atoms with E-state index in [9.17, 15) is 0 Å². The maximum atomic E-state index is 2.43. The third-order valence-electron chi connectivity index (χ3n) is 13.7. The topological polar surface area (TPSA) is 8.17 Å². The fourth-order valence-electron chi connectivity index (χ4n) is 10.6. The summed E-state index contributed by atoms with van der Waals surface area (Å²) in [5, 5.41) is 5.06. The summed E-state index contributed by atoms with van der Waals surface area (Å²) in [7, 11) is 0. The first-order valence-electron chi connectivity index (χ1n) is 22.4. The van der Waals surface area contributed by atoms with E-state index in [2.05, 4.69) is 260 Å². The van der Waals surface area contributed by atoms with E-state index < -0.39 is 0 Å². The summed E-state index contributed by atoms with van der Waals surface area (Å²) in [5.41, 5.74) is 18.4. The Bertz CT molecular complexity index is 3460. The van der Waals surface area contributed by atoms with Crippen molar-refractivity contribution in [2.45, 2.75) is 19.3 Å². The molecule has 0 aliphatic heterocycles. The van der Waals surface area contributed by atoms with Crippen molar-refractivity contribution in [1.82, 2.24) is 4.57 Å². The number of benzene rings is 10. The summed E-state index contributed by atoms with van der Waals surface area (Å²) in [6.45, 7) is 4.85. The Morgan fingerprint density at radius 2 is 0.938 bits per heavy atom. The van der Waals surface area contributed by atoms with E-state index in [1.165, 1.54) is 82.3 Å². The van der Waals surface area contributed by atoms with Gasteiger partial charge in [0.25, 0.3) is 0 Å². The Labute approximate surface area is 375 Å². The molecule has 0 bridgehead atoms. The molecule has 64 heavy (non-hydrogen) atoms. The van der Waals surface area contributed by atoms with E-state index in [0.717, 1.165) is 22.7 Å². The van der Waals surface area contributed by atoms with Crippen LogP contribution in [0.4, 0.5) is 17.1 Å². The summed E-state index contributed by atoms with van der Waals surface area (Å²) in [6, 6.07) is 87.1. The van der Waals surface area contributed by atoms with Crippen molar-refractivity contribution in [3.8, 4) is 27.9 Å². The molecule has 1 aliphatic carbocycles. The Balaban J connectivity index is 0.979. The molecule has 12 rings (SSSR count). The van der Waals surface area contributed by atoms with Crippen LogP contribution >= 0.6 is 0 Å². The summed E-state index contributed by atoms with van der Waals surface area (Å²) >= 11 is 0. The molecule has 3 heteroatoms. The van der Waals surface area contributed by atoms with Gasteiger partial charge in [-0.2, -0.15) is 0 Å². The zero-order chi connectivity index (χ0) is 42.8. The lowest BCUT2D eigenvalue weighted by molar-refractivity contribution is 0.660. The molecule has 0 saturated carbocycles. The van der Waals surface area contributed by atoms with Crippen molar-refractivity contribution in [2.75, 3.05) is 4.90 Å². The summed E-state index contributed by atoms with van der Waals surface area (Å²) in [6.07, 6.45) is 0. The van der Waals surface area contributed by atoms with Gasteiger partial charge in [-0.1, -0.05) is 200 Å². The van der Waals surface area contributed by atoms with Crippen molar-refractivity contribution < 1.29 is 0 Å². The predicted molar refractivity (Wildman–Crippen MR) is 274 cm³/mol. The highest BCUT2D eigenvalue weighted by molar-refractivity contribution is 6.95. The average molecular weight is 817 g/mol. The zero-order valence-corrected chi connectivity index (χ0v) is 36.0. The van der Waals surface area contributed by atoms with Gasteiger partial charge in [-0.15, -0.1) is 0 Å². The summed E-state index contributed by atoms with van der Waals surface area (Å²) < 4.78 is 2.41. The number of hydrogen-bond acceptors (Lipinski definition) is 1. The van der Waals surface area contributed by atoms with Crippen LogP contribution in [0.3, 0.4) is 0 Å². The van der Waals surface area contributed by atoms with Gasteiger partial charge in [-0.3, -0.25) is 0 Å². The second-order valence-corrected chi connectivity index (χ2v) is 17.7. The molecule has 0 radical (unpaired) electrons. The molecular formula is C61H45BN2. The second kappa shape index (κ2) is 15.2. The fraction of sp³-hybridized carbons (Fsp3) is 0.0492. The predicted octanol–water partition coefficient (Wildman–Crippen LogP) is 13.9. The van der Waals surface area contributed by atoms with Crippen LogP contribution in [0.15, 0.2) is 237 Å². The Morgan fingerprint density at radius 3 is 1.66 bits per heavy atom. The molecule has 0 N–H and O–H groups in total. The number of hydrogen-bond donors (Lipinski definition) is 0. The van der Waals surface area contributed by atoms with Gasteiger partial charge >= 0.3 is 0 Å². The fourth-order valence-corrected chi connectivity index (χ4v) is 10.6. The molecule has 0 fully saturated rings. The first-order chi connectivity index (χ1) is 31.5. The maximum absolute atomic E-state index is 2.43. The lowest BCUT2D eigenvalue weighted by Crippen LogP contribution is -2.51. The molecule has 10 aromatic carbocycles. The second-order valence-electron chi connectivity index (χ2n) is 17.7. The van der Waals surface area contributed by atoms with Crippen LogP contribution in [0.2, 0.25) is 0 Å². The third-order valence-corrected chi connectivity index (χ3v) is 13.7. The first kappa shape index (κ1) is 37.9. The van der Waals surface area contributed by atoms with Crippen LogP contribution in [-0.4, -0.2) is 11.3 Å². The van der Waals surface area contributed by atoms with Crippen LogP contribution in [0, 0.1) is 0 Å². The number of anilines is 3. The molecule has 11 aromatic rings. The van der Waals surface area contributed by atoms with Gasteiger partial charge in [-0.05, 0) is 111 Å². The normalized spacial score (nSPS) is 12.7. The minimum atomic E-state index is -0.118. The zero-order valence-electron chi connectivity index (χ0n) is 36.0. The van der Waals surface area contributed by atoms with Crippen LogP contribution in [0.5, 0.6) is 0 Å². The number of fused-ring (bicyclic) bond motifs is 8. The minimum Gasteiger partial charge on any atom is -0.310 e. The van der Waals surface area contributed by atoms with E-state index in [1.54, 1.807) is 0 Å². The lowest BCUT2D eigenvalue weighted by atomic mass is 9.37. The van der Waals surface area contributed by atoms with Crippen molar-refractivity contribution in [1.29, 1.82) is 0 Å². The molecule has 2 nitrogen and oxygen atoms in total. The highest BCUT2D eigenvalue weighted by Crippen LogP contribution is 2.50. The highest BCUT2D eigenvalue weighted by Gasteiger charge is 2.36. The largest absolute Gasteiger partial charge is 0.310 e. The Hall–Kier alpha value is -7.88. The summed E-state index contributed by atoms with van der Waals surface area (Å²) in [5.74, 6) is 0. The monoisotopic (exact) mass is 816 g/mol. The van der Waals surface area contributed by atoms with Gasteiger partial charge in [0.1, 0.15) is 0 Å². The van der Waals surface area contributed by atoms with Crippen molar-refractivity contribution in [3.05, 3.63) is 248 Å². The van der Waals surface area contributed by atoms with E-state index in [1.807, 2.05) is 0 Å². The molecule has 0 atom stereocenters. The van der Waals surface area contributed by atoms with Crippen LogP contribution in [-0.2, 0) is 5.41 Å².